The lowest BCUT2D eigenvalue weighted by atomic mass is 10.3. The van der Waals surface area contributed by atoms with Gasteiger partial charge in [0.1, 0.15) is 5.75 Å². The Bertz CT molecular complexity index is 590. The van der Waals surface area contributed by atoms with E-state index in [1.807, 2.05) is 18.9 Å². The van der Waals surface area contributed by atoms with Crippen molar-refractivity contribution in [2.24, 2.45) is 0 Å². The third-order valence-electron chi connectivity index (χ3n) is 3.25. The van der Waals surface area contributed by atoms with E-state index in [0.29, 0.717) is 18.1 Å². The van der Waals surface area contributed by atoms with Crippen molar-refractivity contribution < 1.29 is 18.6 Å². The molecular formula is C13H17F2N5O2. The third kappa shape index (κ3) is 3.95. The highest BCUT2D eigenvalue weighted by Gasteiger charge is 2.14. The molecule has 120 valence electrons. The van der Waals surface area contributed by atoms with E-state index in [-0.39, 0.29) is 18.4 Å². The fraction of sp³-hybridized carbons (Fsp3) is 0.462. The van der Waals surface area contributed by atoms with Crippen molar-refractivity contribution in [3.63, 3.8) is 0 Å². The Morgan fingerprint density at radius 3 is 2.59 bits per heavy atom. The second kappa shape index (κ2) is 7.23. The smallest absolute Gasteiger partial charge is 0.387 e. The van der Waals surface area contributed by atoms with Crippen LogP contribution >= 0.6 is 0 Å². The molecule has 0 saturated carbocycles. The van der Waals surface area contributed by atoms with Crippen LogP contribution in [0.4, 0.5) is 8.78 Å². The van der Waals surface area contributed by atoms with Crippen LogP contribution in [0, 0.1) is 0 Å². The van der Waals surface area contributed by atoms with Gasteiger partial charge in [0.05, 0.1) is 18.8 Å². The maximum absolute atomic E-state index is 12.1. The second-order valence-electron chi connectivity index (χ2n) is 4.83. The molecule has 1 heterocycles. The van der Waals surface area contributed by atoms with Crippen LogP contribution in [0.5, 0.6) is 5.75 Å². The summed E-state index contributed by atoms with van der Waals surface area (Å²) in [6.07, 6.45) is 0. The zero-order chi connectivity index (χ0) is 16.1. The van der Waals surface area contributed by atoms with E-state index in [0.717, 1.165) is 0 Å². The Kier molecular flexibility index (Phi) is 5.34. The summed E-state index contributed by atoms with van der Waals surface area (Å²) in [5, 5.41) is 20.6. The third-order valence-corrected chi connectivity index (χ3v) is 3.25. The molecule has 0 aliphatic rings. The van der Waals surface area contributed by atoms with Crippen LogP contribution in [0.3, 0.4) is 0 Å². The summed E-state index contributed by atoms with van der Waals surface area (Å²) in [7, 11) is 1.85. The number of rotatable bonds is 7. The summed E-state index contributed by atoms with van der Waals surface area (Å²) in [6, 6.07) is 5.99. The molecular weight excluding hydrogens is 296 g/mol. The van der Waals surface area contributed by atoms with Gasteiger partial charge in [0.2, 0.25) is 0 Å². The molecule has 1 unspecified atom stereocenters. The van der Waals surface area contributed by atoms with Gasteiger partial charge in [-0.1, -0.05) is 0 Å². The van der Waals surface area contributed by atoms with E-state index in [4.69, 9.17) is 5.11 Å². The van der Waals surface area contributed by atoms with Crippen molar-refractivity contribution in [3.8, 4) is 11.4 Å². The average molecular weight is 313 g/mol. The van der Waals surface area contributed by atoms with E-state index in [9.17, 15) is 8.78 Å². The van der Waals surface area contributed by atoms with Crippen LogP contribution in [0.2, 0.25) is 0 Å². The molecule has 1 N–H and O–H groups in total. The number of nitrogens with zero attached hydrogens (tertiary/aromatic N) is 5. The summed E-state index contributed by atoms with van der Waals surface area (Å²) < 4.78 is 30.1. The summed E-state index contributed by atoms with van der Waals surface area (Å²) in [6.45, 7) is -0.519. The van der Waals surface area contributed by atoms with Crippen LogP contribution in [-0.2, 0) is 6.54 Å². The quantitative estimate of drug-likeness (QED) is 0.824. The highest BCUT2D eigenvalue weighted by atomic mass is 19.3. The molecule has 7 nitrogen and oxygen atoms in total. The van der Waals surface area contributed by atoms with Gasteiger partial charge in [-0.25, -0.2) is 0 Å². The molecule has 0 spiro atoms. The minimum atomic E-state index is -2.86. The lowest BCUT2D eigenvalue weighted by Gasteiger charge is -2.21. The van der Waals surface area contributed by atoms with E-state index < -0.39 is 6.61 Å². The number of likely N-dealkylation sites (N-methyl/N-ethyl adjacent to an activating group) is 1. The largest absolute Gasteiger partial charge is 0.435 e. The summed E-state index contributed by atoms with van der Waals surface area (Å²) in [5.41, 5.74) is 0.631. The molecule has 0 bridgehead atoms. The van der Waals surface area contributed by atoms with Gasteiger partial charge in [-0.3, -0.25) is 4.90 Å². The number of benzene rings is 1. The van der Waals surface area contributed by atoms with Crippen molar-refractivity contribution in [2.45, 2.75) is 26.1 Å². The van der Waals surface area contributed by atoms with Gasteiger partial charge in [-0.15, -0.1) is 5.10 Å². The van der Waals surface area contributed by atoms with Crippen LogP contribution in [0.1, 0.15) is 12.7 Å². The minimum absolute atomic E-state index is 0.0255. The molecule has 0 radical (unpaired) electrons. The van der Waals surface area contributed by atoms with Crippen LogP contribution < -0.4 is 4.74 Å². The van der Waals surface area contributed by atoms with E-state index in [2.05, 4.69) is 20.3 Å². The SMILES string of the molecule is CC(CO)N(C)Cc1nnnn1-c1ccc(OC(F)F)cc1. The Labute approximate surface area is 126 Å². The number of tetrazole rings is 1. The fourth-order valence-electron chi connectivity index (χ4n) is 1.79. The molecule has 0 amide bonds. The number of aromatic nitrogens is 4. The summed E-state index contributed by atoms with van der Waals surface area (Å²) >= 11 is 0. The van der Waals surface area contributed by atoms with Crippen LogP contribution in [0.15, 0.2) is 24.3 Å². The Morgan fingerprint density at radius 2 is 2.00 bits per heavy atom. The Hall–Kier alpha value is -2.13. The van der Waals surface area contributed by atoms with E-state index >= 15 is 0 Å². The van der Waals surface area contributed by atoms with Crippen molar-refractivity contribution in [3.05, 3.63) is 30.1 Å². The molecule has 0 aliphatic heterocycles. The van der Waals surface area contributed by atoms with Crippen molar-refractivity contribution in [1.82, 2.24) is 25.1 Å². The standard InChI is InChI=1S/C13H17F2N5O2/c1-9(8-21)19(2)7-12-16-17-18-20(12)10-3-5-11(6-4-10)22-13(14)15/h3-6,9,13,21H,7-8H2,1-2H3. The highest BCUT2D eigenvalue weighted by Crippen LogP contribution is 2.17. The summed E-state index contributed by atoms with van der Waals surface area (Å²) in [5.74, 6) is 0.643. The second-order valence-corrected chi connectivity index (χ2v) is 4.83. The minimum Gasteiger partial charge on any atom is -0.435 e. The number of hydrogen-bond acceptors (Lipinski definition) is 6. The molecule has 2 aromatic rings. The summed E-state index contributed by atoms with van der Waals surface area (Å²) in [4.78, 5) is 1.90. The number of aliphatic hydroxyl groups excluding tert-OH is 1. The van der Waals surface area contributed by atoms with Gasteiger partial charge >= 0.3 is 6.61 Å². The monoisotopic (exact) mass is 313 g/mol. The highest BCUT2D eigenvalue weighted by molar-refractivity contribution is 5.37. The van der Waals surface area contributed by atoms with E-state index in [1.54, 1.807) is 12.1 Å². The van der Waals surface area contributed by atoms with Crippen LogP contribution in [0.25, 0.3) is 5.69 Å². The van der Waals surface area contributed by atoms with Crippen molar-refractivity contribution >= 4 is 0 Å². The molecule has 22 heavy (non-hydrogen) atoms. The Balaban J connectivity index is 2.14. The van der Waals surface area contributed by atoms with Crippen molar-refractivity contribution in [2.75, 3.05) is 13.7 Å². The van der Waals surface area contributed by atoms with Gasteiger partial charge in [-0.2, -0.15) is 13.5 Å². The first kappa shape index (κ1) is 16.2. The predicted molar refractivity (Wildman–Crippen MR) is 73.8 cm³/mol. The fourth-order valence-corrected chi connectivity index (χ4v) is 1.79. The number of hydrogen-bond donors (Lipinski definition) is 1. The maximum Gasteiger partial charge on any atom is 0.387 e. The van der Waals surface area contributed by atoms with Gasteiger partial charge in [0, 0.05) is 6.04 Å². The topological polar surface area (TPSA) is 76.3 Å². The molecule has 0 fully saturated rings. The Morgan fingerprint density at radius 1 is 1.32 bits per heavy atom. The molecule has 0 aliphatic carbocycles. The van der Waals surface area contributed by atoms with Gasteiger partial charge in [-0.05, 0) is 48.7 Å². The molecule has 1 aromatic carbocycles. The molecule has 0 saturated heterocycles. The van der Waals surface area contributed by atoms with Crippen LogP contribution in [-0.4, -0.2) is 56.5 Å². The lowest BCUT2D eigenvalue weighted by molar-refractivity contribution is -0.0498. The zero-order valence-corrected chi connectivity index (χ0v) is 12.2. The van der Waals surface area contributed by atoms with Gasteiger partial charge in [0.15, 0.2) is 5.82 Å². The molecule has 1 atom stereocenters. The zero-order valence-electron chi connectivity index (χ0n) is 12.2. The van der Waals surface area contributed by atoms with E-state index in [1.165, 1.54) is 16.8 Å². The number of aliphatic hydroxyl groups is 1. The lowest BCUT2D eigenvalue weighted by Crippen LogP contribution is -2.32. The average Bonchev–Trinajstić information content (AvgIpc) is 2.94. The van der Waals surface area contributed by atoms with Crippen molar-refractivity contribution in [1.29, 1.82) is 0 Å². The number of alkyl halides is 2. The first-order valence-corrected chi connectivity index (χ1v) is 6.65. The van der Waals surface area contributed by atoms with Gasteiger partial charge < -0.3 is 9.84 Å². The number of ether oxygens (including phenoxy) is 1. The maximum atomic E-state index is 12.1. The van der Waals surface area contributed by atoms with Gasteiger partial charge in [0.25, 0.3) is 0 Å². The first-order valence-electron chi connectivity index (χ1n) is 6.65. The normalized spacial score (nSPS) is 12.9. The predicted octanol–water partition coefficient (Wildman–Crippen LogP) is 1.08. The molecule has 2 rings (SSSR count). The first-order chi connectivity index (χ1) is 10.5. The number of halogens is 2. The molecule has 1 aromatic heterocycles. The molecule has 9 heteroatoms.